The number of hydrogen-bond donors (Lipinski definition) is 1. The maximum Gasteiger partial charge on any atom is 0.128 e. The number of piperazine rings is 1. The normalized spacial score (nSPS) is 17.3. The second-order valence-electron chi connectivity index (χ2n) is 5.19. The molecule has 1 heterocycles. The van der Waals surface area contributed by atoms with Gasteiger partial charge in [0.15, 0.2) is 0 Å². The third-order valence-electron chi connectivity index (χ3n) is 3.22. The Kier molecular flexibility index (Phi) is 4.69. The van der Waals surface area contributed by atoms with Gasteiger partial charge in [-0.1, -0.05) is 12.1 Å². The van der Waals surface area contributed by atoms with Crippen molar-refractivity contribution in [2.24, 2.45) is 0 Å². The fourth-order valence-corrected chi connectivity index (χ4v) is 2.29. The van der Waals surface area contributed by atoms with Gasteiger partial charge in [0.1, 0.15) is 5.82 Å². The van der Waals surface area contributed by atoms with Gasteiger partial charge in [0.05, 0.1) is 0 Å². The number of nitrogens with one attached hydrogen (secondary N) is 1. The van der Waals surface area contributed by atoms with E-state index in [1.165, 1.54) is 0 Å². The molecule has 0 atom stereocenters. The summed E-state index contributed by atoms with van der Waals surface area (Å²) >= 11 is 0. The zero-order valence-corrected chi connectivity index (χ0v) is 11.2. The summed E-state index contributed by atoms with van der Waals surface area (Å²) in [5.41, 5.74) is 1.83. The lowest BCUT2D eigenvalue weighted by Crippen LogP contribution is -2.42. The van der Waals surface area contributed by atoms with Crippen molar-refractivity contribution in [3.05, 3.63) is 35.1 Å². The highest BCUT2D eigenvalue weighted by atomic mass is 19.1. The summed E-state index contributed by atoms with van der Waals surface area (Å²) in [7, 11) is 3.90. The van der Waals surface area contributed by atoms with E-state index in [4.69, 9.17) is 0 Å². The minimum atomic E-state index is -0.0867. The molecule has 3 nitrogen and oxygen atoms in total. The maximum atomic E-state index is 13.9. The van der Waals surface area contributed by atoms with Gasteiger partial charge >= 0.3 is 0 Å². The molecule has 0 unspecified atom stereocenters. The molecule has 0 bridgehead atoms. The summed E-state index contributed by atoms with van der Waals surface area (Å²) < 4.78 is 13.9. The molecule has 1 saturated heterocycles. The maximum absolute atomic E-state index is 13.9. The molecule has 1 aromatic rings. The predicted octanol–water partition coefficient (Wildman–Crippen LogP) is 1.29. The van der Waals surface area contributed by atoms with Crippen LogP contribution in [0.5, 0.6) is 0 Å². The van der Waals surface area contributed by atoms with Crippen LogP contribution in [-0.4, -0.2) is 50.1 Å². The minimum Gasteiger partial charge on any atom is -0.314 e. The lowest BCUT2D eigenvalue weighted by molar-refractivity contribution is 0.233. The molecule has 0 spiro atoms. The fraction of sp³-hybridized carbons (Fsp3) is 0.571. The Morgan fingerprint density at radius 3 is 2.61 bits per heavy atom. The van der Waals surface area contributed by atoms with E-state index in [-0.39, 0.29) is 5.82 Å². The minimum absolute atomic E-state index is 0.0867. The topological polar surface area (TPSA) is 18.5 Å². The van der Waals surface area contributed by atoms with E-state index in [0.29, 0.717) is 6.54 Å². The Bertz CT molecular complexity index is 387. The van der Waals surface area contributed by atoms with Crippen LogP contribution in [0.2, 0.25) is 0 Å². The van der Waals surface area contributed by atoms with Crippen LogP contribution >= 0.6 is 0 Å². The molecule has 0 aromatic heterocycles. The van der Waals surface area contributed by atoms with Crippen LogP contribution in [0.25, 0.3) is 0 Å². The molecule has 1 aliphatic rings. The van der Waals surface area contributed by atoms with Gasteiger partial charge in [0.2, 0.25) is 0 Å². The lowest BCUT2D eigenvalue weighted by atomic mass is 10.1. The first-order chi connectivity index (χ1) is 8.65. The summed E-state index contributed by atoms with van der Waals surface area (Å²) in [6, 6.07) is 5.64. The Hall–Kier alpha value is -0.970. The van der Waals surface area contributed by atoms with Crippen molar-refractivity contribution in [3.63, 3.8) is 0 Å². The molecule has 100 valence electrons. The first-order valence-electron chi connectivity index (χ1n) is 6.50. The van der Waals surface area contributed by atoms with Gasteiger partial charge in [-0.3, -0.25) is 4.90 Å². The van der Waals surface area contributed by atoms with Gasteiger partial charge in [-0.15, -0.1) is 0 Å². The second kappa shape index (κ2) is 6.27. The fourth-order valence-electron chi connectivity index (χ4n) is 2.29. The van der Waals surface area contributed by atoms with Crippen LogP contribution in [-0.2, 0) is 13.1 Å². The van der Waals surface area contributed by atoms with E-state index < -0.39 is 0 Å². The number of nitrogens with zero attached hydrogens (tertiary/aromatic N) is 2. The zero-order valence-electron chi connectivity index (χ0n) is 11.2. The average Bonchev–Trinajstić information content (AvgIpc) is 2.33. The van der Waals surface area contributed by atoms with Crippen molar-refractivity contribution >= 4 is 0 Å². The third kappa shape index (κ3) is 3.77. The van der Waals surface area contributed by atoms with Crippen LogP contribution in [0.4, 0.5) is 4.39 Å². The molecule has 1 aromatic carbocycles. The first-order valence-corrected chi connectivity index (χ1v) is 6.50. The van der Waals surface area contributed by atoms with E-state index in [9.17, 15) is 4.39 Å². The highest BCUT2D eigenvalue weighted by Crippen LogP contribution is 2.14. The molecule has 0 saturated carbocycles. The van der Waals surface area contributed by atoms with Crippen molar-refractivity contribution in [1.29, 1.82) is 0 Å². The van der Waals surface area contributed by atoms with Gasteiger partial charge < -0.3 is 10.2 Å². The van der Waals surface area contributed by atoms with E-state index in [2.05, 4.69) is 10.2 Å². The monoisotopic (exact) mass is 251 g/mol. The Morgan fingerprint density at radius 2 is 2.00 bits per heavy atom. The number of benzene rings is 1. The Morgan fingerprint density at radius 1 is 1.28 bits per heavy atom. The number of rotatable bonds is 4. The van der Waals surface area contributed by atoms with Gasteiger partial charge in [-0.05, 0) is 25.7 Å². The standard InChI is InChI=1S/C14H22FN3/c1-17(2)11-13-4-3-12(9-14(13)15)10-18-7-5-16-6-8-18/h3-4,9,16H,5-8,10-11H2,1-2H3. The second-order valence-corrected chi connectivity index (χ2v) is 5.19. The quantitative estimate of drug-likeness (QED) is 0.870. The van der Waals surface area contributed by atoms with E-state index in [1.54, 1.807) is 6.07 Å². The summed E-state index contributed by atoms with van der Waals surface area (Å²) in [4.78, 5) is 4.34. The molecular weight excluding hydrogens is 229 g/mol. The third-order valence-corrected chi connectivity index (χ3v) is 3.22. The molecule has 0 amide bonds. The molecule has 1 N–H and O–H groups in total. The summed E-state index contributed by atoms with van der Waals surface area (Å²) in [5, 5.41) is 3.32. The smallest absolute Gasteiger partial charge is 0.128 e. The lowest BCUT2D eigenvalue weighted by Gasteiger charge is -2.27. The summed E-state index contributed by atoms with van der Waals surface area (Å²) in [6.45, 7) is 5.64. The molecule has 2 rings (SSSR count). The Labute approximate surface area is 109 Å². The number of hydrogen-bond acceptors (Lipinski definition) is 3. The zero-order chi connectivity index (χ0) is 13.0. The van der Waals surface area contributed by atoms with Crippen LogP contribution < -0.4 is 5.32 Å². The van der Waals surface area contributed by atoms with E-state index in [0.717, 1.165) is 43.9 Å². The van der Waals surface area contributed by atoms with Crippen molar-refractivity contribution < 1.29 is 4.39 Å². The predicted molar refractivity (Wildman–Crippen MR) is 71.9 cm³/mol. The van der Waals surface area contributed by atoms with E-state index >= 15 is 0 Å². The number of halogens is 1. The highest BCUT2D eigenvalue weighted by Gasteiger charge is 2.11. The van der Waals surface area contributed by atoms with Gasteiger partial charge in [0, 0.05) is 44.8 Å². The van der Waals surface area contributed by atoms with Gasteiger partial charge in [-0.25, -0.2) is 4.39 Å². The summed E-state index contributed by atoms with van der Waals surface area (Å²) in [5.74, 6) is -0.0867. The average molecular weight is 251 g/mol. The molecule has 1 aliphatic heterocycles. The largest absolute Gasteiger partial charge is 0.314 e. The molecule has 0 aliphatic carbocycles. The van der Waals surface area contributed by atoms with Crippen LogP contribution in [0.3, 0.4) is 0 Å². The summed E-state index contributed by atoms with van der Waals surface area (Å²) in [6.07, 6.45) is 0. The van der Waals surface area contributed by atoms with Crippen LogP contribution in [0.15, 0.2) is 18.2 Å². The molecule has 1 fully saturated rings. The van der Waals surface area contributed by atoms with Crippen molar-refractivity contribution in [2.45, 2.75) is 13.1 Å². The van der Waals surface area contributed by atoms with Gasteiger partial charge in [0.25, 0.3) is 0 Å². The van der Waals surface area contributed by atoms with Crippen molar-refractivity contribution in [2.75, 3.05) is 40.3 Å². The molecular formula is C14H22FN3. The molecule has 18 heavy (non-hydrogen) atoms. The molecule has 4 heteroatoms. The molecule has 0 radical (unpaired) electrons. The van der Waals surface area contributed by atoms with Crippen LogP contribution in [0.1, 0.15) is 11.1 Å². The highest BCUT2D eigenvalue weighted by molar-refractivity contribution is 5.24. The SMILES string of the molecule is CN(C)Cc1ccc(CN2CCNCC2)cc1F. The first kappa shape index (κ1) is 13.5. The Balaban J connectivity index is 1.99. The van der Waals surface area contributed by atoms with E-state index in [1.807, 2.05) is 31.1 Å². The van der Waals surface area contributed by atoms with Crippen molar-refractivity contribution in [3.8, 4) is 0 Å². The van der Waals surface area contributed by atoms with Crippen LogP contribution in [0, 0.1) is 5.82 Å². The van der Waals surface area contributed by atoms with Gasteiger partial charge in [-0.2, -0.15) is 0 Å². The van der Waals surface area contributed by atoms with Crippen molar-refractivity contribution in [1.82, 2.24) is 15.1 Å².